The topological polar surface area (TPSA) is 63.4 Å². The fraction of sp³-hybridized carbons (Fsp3) is 1.00. The molecule has 0 amide bonds. The van der Waals surface area contributed by atoms with Gasteiger partial charge in [0.15, 0.2) is 0 Å². The standard InChI is InChI=1S/C3H7F3N2O2S/c1-8(11(7,9)10)2-3(4,5)6/h2H2,1H3,(H2,7,9,10). The molecule has 0 rings (SSSR count). The summed E-state index contributed by atoms with van der Waals surface area (Å²) in [6.45, 7) is -1.56. The number of hydrogen-bond acceptors (Lipinski definition) is 2. The quantitative estimate of drug-likeness (QED) is 0.652. The second kappa shape index (κ2) is 2.95. The van der Waals surface area contributed by atoms with E-state index >= 15 is 0 Å². The minimum atomic E-state index is -4.55. The van der Waals surface area contributed by atoms with E-state index in [9.17, 15) is 21.6 Å². The molecule has 0 unspecified atom stereocenters. The van der Waals surface area contributed by atoms with E-state index in [1.807, 2.05) is 0 Å². The van der Waals surface area contributed by atoms with Gasteiger partial charge in [-0.3, -0.25) is 0 Å². The van der Waals surface area contributed by atoms with Gasteiger partial charge in [0.1, 0.15) is 6.54 Å². The van der Waals surface area contributed by atoms with Gasteiger partial charge in [-0.25, -0.2) is 5.14 Å². The molecule has 0 aromatic heterocycles. The summed E-state index contributed by atoms with van der Waals surface area (Å²) < 4.78 is 54.9. The highest BCUT2D eigenvalue weighted by atomic mass is 32.2. The van der Waals surface area contributed by atoms with E-state index in [1.165, 1.54) is 0 Å². The molecular weight excluding hydrogens is 185 g/mol. The summed E-state index contributed by atoms with van der Waals surface area (Å²) in [6.07, 6.45) is -4.55. The number of hydrogen-bond donors (Lipinski definition) is 1. The molecule has 0 saturated carbocycles. The van der Waals surface area contributed by atoms with Crippen LogP contribution in [0.15, 0.2) is 0 Å². The summed E-state index contributed by atoms with van der Waals surface area (Å²) in [5, 5.41) is 4.38. The summed E-state index contributed by atoms with van der Waals surface area (Å²) in [5.74, 6) is 0. The molecule has 0 atom stereocenters. The van der Waals surface area contributed by atoms with Gasteiger partial charge >= 0.3 is 6.18 Å². The molecule has 0 bridgehead atoms. The van der Waals surface area contributed by atoms with Crippen molar-refractivity contribution in [3.8, 4) is 0 Å². The first-order chi connectivity index (χ1) is 4.63. The van der Waals surface area contributed by atoms with E-state index < -0.39 is 22.9 Å². The Balaban J connectivity index is 4.22. The fourth-order valence-electron chi connectivity index (χ4n) is 0.342. The van der Waals surface area contributed by atoms with Crippen LogP contribution in [0, 0.1) is 0 Å². The van der Waals surface area contributed by atoms with Crippen LogP contribution < -0.4 is 5.14 Å². The predicted octanol–water partition coefficient (Wildman–Crippen LogP) is -0.316. The van der Waals surface area contributed by atoms with Gasteiger partial charge in [-0.15, -0.1) is 0 Å². The predicted molar refractivity (Wildman–Crippen MR) is 31.8 cm³/mol. The Labute approximate surface area is 62.0 Å². The minimum absolute atomic E-state index is 0.0208. The molecule has 2 N–H and O–H groups in total. The number of nitrogens with two attached hydrogens (primary N) is 1. The average molecular weight is 192 g/mol. The lowest BCUT2D eigenvalue weighted by molar-refractivity contribution is -0.134. The third kappa shape index (κ3) is 4.99. The highest BCUT2D eigenvalue weighted by Crippen LogP contribution is 2.15. The first kappa shape index (κ1) is 10.7. The Bertz CT molecular complexity index is 221. The van der Waals surface area contributed by atoms with Gasteiger partial charge in [0.05, 0.1) is 0 Å². The van der Waals surface area contributed by atoms with Crippen molar-refractivity contribution in [1.82, 2.24) is 4.31 Å². The second-order valence-electron chi connectivity index (χ2n) is 1.92. The van der Waals surface area contributed by atoms with E-state index in [2.05, 4.69) is 5.14 Å². The summed E-state index contributed by atoms with van der Waals surface area (Å²) in [5.41, 5.74) is 0. The highest BCUT2D eigenvalue weighted by molar-refractivity contribution is 7.86. The molecule has 8 heteroatoms. The Hall–Kier alpha value is -0.340. The zero-order chi connectivity index (χ0) is 9.28. The van der Waals surface area contributed by atoms with Crippen LogP contribution in [0.3, 0.4) is 0 Å². The molecule has 68 valence electrons. The Morgan fingerprint density at radius 1 is 1.45 bits per heavy atom. The summed E-state index contributed by atoms with van der Waals surface area (Å²) >= 11 is 0. The monoisotopic (exact) mass is 192 g/mol. The Kier molecular flexibility index (Phi) is 2.86. The van der Waals surface area contributed by atoms with Crippen LogP contribution >= 0.6 is 0 Å². The fourth-order valence-corrected chi connectivity index (χ4v) is 0.669. The van der Waals surface area contributed by atoms with Crippen molar-refractivity contribution in [1.29, 1.82) is 0 Å². The average Bonchev–Trinajstić information content (AvgIpc) is 1.56. The summed E-state index contributed by atoms with van der Waals surface area (Å²) in [7, 11) is -3.47. The largest absolute Gasteiger partial charge is 0.402 e. The van der Waals surface area contributed by atoms with Crippen LogP contribution in [-0.2, 0) is 10.2 Å². The number of halogens is 3. The van der Waals surface area contributed by atoms with Crippen LogP contribution in [0.2, 0.25) is 0 Å². The highest BCUT2D eigenvalue weighted by Gasteiger charge is 2.32. The maximum atomic E-state index is 11.5. The van der Waals surface area contributed by atoms with Crippen LogP contribution in [0.25, 0.3) is 0 Å². The SMILES string of the molecule is CN(CC(F)(F)F)S(N)(=O)=O. The van der Waals surface area contributed by atoms with Crippen molar-refractivity contribution in [3.05, 3.63) is 0 Å². The van der Waals surface area contributed by atoms with E-state index in [0.29, 0.717) is 0 Å². The normalized spacial score (nSPS) is 14.0. The van der Waals surface area contributed by atoms with Crippen molar-refractivity contribution >= 4 is 10.2 Å². The van der Waals surface area contributed by atoms with Crippen LogP contribution in [0.4, 0.5) is 13.2 Å². The van der Waals surface area contributed by atoms with E-state index in [0.717, 1.165) is 7.05 Å². The molecule has 0 aromatic carbocycles. The Morgan fingerprint density at radius 3 is 1.91 bits per heavy atom. The smallest absolute Gasteiger partial charge is 0.216 e. The zero-order valence-corrected chi connectivity index (χ0v) is 6.41. The molecule has 0 aliphatic heterocycles. The lowest BCUT2D eigenvalue weighted by Crippen LogP contribution is -2.39. The van der Waals surface area contributed by atoms with Gasteiger partial charge in [0.2, 0.25) is 0 Å². The first-order valence-corrected chi connectivity index (χ1v) is 3.94. The summed E-state index contributed by atoms with van der Waals surface area (Å²) in [6, 6.07) is 0. The molecule has 4 nitrogen and oxygen atoms in total. The third-order valence-corrected chi connectivity index (χ3v) is 1.83. The molecule has 0 saturated heterocycles. The van der Waals surface area contributed by atoms with Crippen LogP contribution in [0.5, 0.6) is 0 Å². The molecule has 0 fully saturated rings. The molecule has 0 radical (unpaired) electrons. The molecule has 0 heterocycles. The lowest BCUT2D eigenvalue weighted by atomic mass is 10.6. The summed E-state index contributed by atoms with van der Waals surface area (Å²) in [4.78, 5) is 0. The molecule has 11 heavy (non-hydrogen) atoms. The lowest BCUT2D eigenvalue weighted by Gasteiger charge is -2.14. The third-order valence-electron chi connectivity index (χ3n) is 0.836. The second-order valence-corrected chi connectivity index (χ2v) is 3.57. The van der Waals surface area contributed by atoms with Gasteiger partial charge in [-0.05, 0) is 0 Å². The molecule has 0 aromatic rings. The number of alkyl halides is 3. The number of rotatable bonds is 2. The van der Waals surface area contributed by atoms with E-state index in [4.69, 9.17) is 0 Å². The maximum Gasteiger partial charge on any atom is 0.402 e. The van der Waals surface area contributed by atoms with Gasteiger partial charge in [0.25, 0.3) is 10.2 Å². The maximum absolute atomic E-state index is 11.5. The van der Waals surface area contributed by atoms with Gasteiger partial charge in [-0.1, -0.05) is 0 Å². The van der Waals surface area contributed by atoms with Gasteiger partial charge in [0, 0.05) is 7.05 Å². The minimum Gasteiger partial charge on any atom is -0.216 e. The van der Waals surface area contributed by atoms with Crippen molar-refractivity contribution in [2.75, 3.05) is 13.6 Å². The molecular formula is C3H7F3N2O2S. The van der Waals surface area contributed by atoms with Crippen LogP contribution in [0.1, 0.15) is 0 Å². The zero-order valence-electron chi connectivity index (χ0n) is 5.59. The first-order valence-electron chi connectivity index (χ1n) is 2.44. The number of nitrogens with zero attached hydrogens (tertiary/aromatic N) is 1. The van der Waals surface area contributed by atoms with Crippen molar-refractivity contribution in [2.24, 2.45) is 5.14 Å². The molecule has 0 spiro atoms. The van der Waals surface area contributed by atoms with Crippen molar-refractivity contribution in [2.45, 2.75) is 6.18 Å². The van der Waals surface area contributed by atoms with Crippen molar-refractivity contribution < 1.29 is 21.6 Å². The van der Waals surface area contributed by atoms with Gasteiger partial charge < -0.3 is 0 Å². The van der Waals surface area contributed by atoms with E-state index in [-0.39, 0.29) is 4.31 Å². The van der Waals surface area contributed by atoms with Crippen LogP contribution in [-0.4, -0.2) is 32.5 Å². The Morgan fingerprint density at radius 2 is 1.82 bits per heavy atom. The van der Waals surface area contributed by atoms with Gasteiger partial charge in [-0.2, -0.15) is 25.9 Å². The molecule has 0 aliphatic rings. The molecule has 0 aliphatic carbocycles. The van der Waals surface area contributed by atoms with Crippen molar-refractivity contribution in [3.63, 3.8) is 0 Å². The van der Waals surface area contributed by atoms with E-state index in [1.54, 1.807) is 0 Å².